The number of unbranched alkanes of at least 4 members (excludes halogenated alkanes) is 5. The molecule has 0 saturated heterocycles. The lowest BCUT2D eigenvalue weighted by molar-refractivity contribution is -0.192. The fourth-order valence-corrected chi connectivity index (χ4v) is 0.966. The molecule has 0 aliphatic rings. The maximum Gasteiger partial charge on any atom is 0.490 e. The molecule has 0 fully saturated rings. The van der Waals surface area contributed by atoms with Crippen molar-refractivity contribution in [1.82, 2.24) is 0 Å². The summed E-state index contributed by atoms with van der Waals surface area (Å²) in [6, 6.07) is 0. The molecule has 0 aromatic carbocycles. The van der Waals surface area contributed by atoms with Crippen LogP contribution in [0.25, 0.3) is 0 Å². The smallest absolute Gasteiger partial charge is 0.475 e. The van der Waals surface area contributed by atoms with Gasteiger partial charge in [0.05, 0.1) is 6.61 Å². The van der Waals surface area contributed by atoms with E-state index in [-0.39, 0.29) is 0 Å². The van der Waals surface area contributed by atoms with Crippen LogP contribution in [0.2, 0.25) is 0 Å². The zero-order valence-electron chi connectivity index (χ0n) is 9.92. The predicted octanol–water partition coefficient (Wildman–Crippen LogP) is 2.87. The van der Waals surface area contributed by atoms with E-state index in [0.29, 0.717) is 6.61 Å². The molecule has 0 saturated carbocycles. The van der Waals surface area contributed by atoms with Crippen molar-refractivity contribution in [2.45, 2.75) is 51.6 Å². The number of carboxylic acids is 1. The molecule has 104 valence electrons. The van der Waals surface area contributed by atoms with Crippen LogP contribution in [0.3, 0.4) is 0 Å². The first-order chi connectivity index (χ1) is 7.86. The Morgan fingerprint density at radius 2 is 1.59 bits per heavy atom. The Bertz CT molecular complexity index is 178. The molecule has 0 atom stereocenters. The van der Waals surface area contributed by atoms with Gasteiger partial charge in [0.15, 0.2) is 0 Å². The van der Waals surface area contributed by atoms with Crippen molar-refractivity contribution in [1.29, 1.82) is 0 Å². The number of rotatable bonds is 7. The Morgan fingerprint density at radius 3 is 1.94 bits per heavy atom. The first-order valence-electron chi connectivity index (χ1n) is 5.48. The van der Waals surface area contributed by atoms with E-state index in [1.807, 2.05) is 0 Å². The summed E-state index contributed by atoms with van der Waals surface area (Å²) in [7, 11) is 0. The van der Waals surface area contributed by atoms with Gasteiger partial charge in [0.2, 0.25) is 0 Å². The van der Waals surface area contributed by atoms with Gasteiger partial charge in [-0.1, -0.05) is 39.0 Å². The van der Waals surface area contributed by atoms with E-state index in [1.54, 1.807) is 0 Å². The van der Waals surface area contributed by atoms with Crippen molar-refractivity contribution in [3.8, 4) is 0 Å². The van der Waals surface area contributed by atoms with Gasteiger partial charge in [-0.3, -0.25) is 0 Å². The molecule has 0 rings (SSSR count). The monoisotopic (exact) mass is 259 g/mol. The zero-order chi connectivity index (χ0) is 13.7. The van der Waals surface area contributed by atoms with Crippen LogP contribution < -0.4 is 5.90 Å². The minimum Gasteiger partial charge on any atom is -0.475 e. The van der Waals surface area contributed by atoms with Gasteiger partial charge in [0, 0.05) is 0 Å². The van der Waals surface area contributed by atoms with Crippen LogP contribution in [-0.2, 0) is 9.63 Å². The Morgan fingerprint density at radius 1 is 1.18 bits per heavy atom. The fraction of sp³-hybridized carbons (Fsp3) is 0.900. The van der Waals surface area contributed by atoms with Gasteiger partial charge in [-0.2, -0.15) is 13.2 Å². The molecule has 0 heterocycles. The summed E-state index contributed by atoms with van der Waals surface area (Å²) in [5.41, 5.74) is 0. The summed E-state index contributed by atoms with van der Waals surface area (Å²) in [5.74, 6) is 2.11. The summed E-state index contributed by atoms with van der Waals surface area (Å²) in [5, 5.41) is 7.12. The predicted molar refractivity (Wildman–Crippen MR) is 57.2 cm³/mol. The van der Waals surface area contributed by atoms with Crippen molar-refractivity contribution >= 4 is 5.97 Å². The summed E-state index contributed by atoms with van der Waals surface area (Å²) >= 11 is 0. The highest BCUT2D eigenvalue weighted by molar-refractivity contribution is 5.73. The van der Waals surface area contributed by atoms with Crippen molar-refractivity contribution < 1.29 is 27.9 Å². The Hall–Kier alpha value is -0.820. The zero-order valence-corrected chi connectivity index (χ0v) is 9.92. The average molecular weight is 259 g/mol. The molecular formula is C10H20F3NO3. The first kappa shape index (κ1) is 18.5. The topological polar surface area (TPSA) is 72.5 Å². The number of hydrogen-bond donors (Lipinski definition) is 2. The highest BCUT2D eigenvalue weighted by atomic mass is 19.4. The standard InChI is InChI=1S/C8H19NO.C2HF3O2/c1-2-3-4-5-6-7-8-10-9;3-2(4,5)1(6)7/h2-9H2,1H3;(H,6,7). The van der Waals surface area contributed by atoms with E-state index in [4.69, 9.17) is 15.8 Å². The van der Waals surface area contributed by atoms with E-state index in [0.717, 1.165) is 6.42 Å². The highest BCUT2D eigenvalue weighted by Gasteiger charge is 2.38. The van der Waals surface area contributed by atoms with Crippen LogP contribution in [0.4, 0.5) is 13.2 Å². The van der Waals surface area contributed by atoms with Crippen LogP contribution in [0.1, 0.15) is 45.4 Å². The molecular weight excluding hydrogens is 239 g/mol. The molecule has 0 bridgehead atoms. The molecule has 0 unspecified atom stereocenters. The fourth-order valence-electron chi connectivity index (χ4n) is 0.966. The lowest BCUT2D eigenvalue weighted by Crippen LogP contribution is -2.21. The van der Waals surface area contributed by atoms with Gasteiger partial charge in [0.1, 0.15) is 0 Å². The van der Waals surface area contributed by atoms with Crippen LogP contribution >= 0.6 is 0 Å². The molecule has 0 aromatic heterocycles. The van der Waals surface area contributed by atoms with E-state index in [2.05, 4.69) is 11.8 Å². The summed E-state index contributed by atoms with van der Waals surface area (Å²) in [6.45, 7) is 2.94. The second-order valence-corrected chi connectivity index (χ2v) is 3.44. The second kappa shape index (κ2) is 11.7. The molecule has 0 amide bonds. The van der Waals surface area contributed by atoms with Crippen LogP contribution in [0, 0.1) is 0 Å². The van der Waals surface area contributed by atoms with Crippen molar-refractivity contribution in [3.63, 3.8) is 0 Å². The lowest BCUT2D eigenvalue weighted by Gasteiger charge is -1.98. The Kier molecular flexibility index (Phi) is 12.7. The quantitative estimate of drug-likeness (QED) is 0.544. The average Bonchev–Trinajstić information content (AvgIpc) is 2.23. The van der Waals surface area contributed by atoms with Crippen LogP contribution in [-0.4, -0.2) is 23.9 Å². The molecule has 7 heteroatoms. The summed E-state index contributed by atoms with van der Waals surface area (Å²) in [6.07, 6.45) is 2.66. The number of alkyl halides is 3. The van der Waals surface area contributed by atoms with Crippen LogP contribution in [0.5, 0.6) is 0 Å². The number of hydrogen-bond acceptors (Lipinski definition) is 3. The van der Waals surface area contributed by atoms with Gasteiger partial charge in [-0.15, -0.1) is 0 Å². The molecule has 0 aliphatic heterocycles. The Labute approximate surface area is 98.9 Å². The molecule has 3 N–H and O–H groups in total. The SMILES string of the molecule is CCCCCCCCON.O=C(O)C(F)(F)F. The third-order valence-corrected chi connectivity index (χ3v) is 1.86. The molecule has 0 aliphatic carbocycles. The van der Waals surface area contributed by atoms with E-state index in [1.165, 1.54) is 32.1 Å². The maximum atomic E-state index is 10.6. The number of carboxylic acid groups (broad SMARTS) is 1. The molecule has 4 nitrogen and oxygen atoms in total. The summed E-state index contributed by atoms with van der Waals surface area (Å²) in [4.78, 5) is 13.3. The van der Waals surface area contributed by atoms with Gasteiger partial charge >= 0.3 is 12.1 Å². The minimum atomic E-state index is -5.08. The maximum absolute atomic E-state index is 10.6. The van der Waals surface area contributed by atoms with Crippen LogP contribution in [0.15, 0.2) is 0 Å². The number of aliphatic carboxylic acids is 1. The Balaban J connectivity index is 0. The van der Waals surface area contributed by atoms with Gasteiger partial charge in [-0.25, -0.2) is 10.7 Å². The van der Waals surface area contributed by atoms with Gasteiger partial charge < -0.3 is 9.94 Å². The second-order valence-electron chi connectivity index (χ2n) is 3.44. The van der Waals surface area contributed by atoms with E-state index >= 15 is 0 Å². The van der Waals surface area contributed by atoms with Crippen molar-refractivity contribution in [2.75, 3.05) is 6.61 Å². The highest BCUT2D eigenvalue weighted by Crippen LogP contribution is 2.13. The van der Waals surface area contributed by atoms with Crippen molar-refractivity contribution in [2.24, 2.45) is 5.90 Å². The number of carbonyl (C=O) groups is 1. The normalized spacial score (nSPS) is 10.6. The third-order valence-electron chi connectivity index (χ3n) is 1.86. The minimum absolute atomic E-state index is 0.714. The molecule has 0 aromatic rings. The van der Waals surface area contributed by atoms with Crippen molar-refractivity contribution in [3.05, 3.63) is 0 Å². The molecule has 0 radical (unpaired) electrons. The third kappa shape index (κ3) is 17.8. The first-order valence-corrected chi connectivity index (χ1v) is 5.48. The molecule has 17 heavy (non-hydrogen) atoms. The number of nitrogens with two attached hydrogens (primary N) is 1. The lowest BCUT2D eigenvalue weighted by atomic mass is 10.1. The molecule has 0 spiro atoms. The summed E-state index contributed by atoms with van der Waals surface area (Å²) < 4.78 is 31.7. The van der Waals surface area contributed by atoms with E-state index < -0.39 is 12.1 Å². The largest absolute Gasteiger partial charge is 0.490 e. The number of halogens is 3. The van der Waals surface area contributed by atoms with Gasteiger partial charge in [-0.05, 0) is 6.42 Å². The van der Waals surface area contributed by atoms with Gasteiger partial charge in [0.25, 0.3) is 0 Å². The van der Waals surface area contributed by atoms with E-state index in [9.17, 15) is 13.2 Å².